The van der Waals surface area contributed by atoms with E-state index in [2.05, 4.69) is 10.4 Å². The van der Waals surface area contributed by atoms with Gasteiger partial charge in [-0.1, -0.05) is 32.0 Å². The highest BCUT2D eigenvalue weighted by atomic mass is 16.4. The fraction of sp³-hybridized carbons (Fsp3) is 0.368. The quantitative estimate of drug-likeness (QED) is 0.789. The second-order valence-electron chi connectivity index (χ2n) is 6.62. The zero-order valence-electron chi connectivity index (χ0n) is 15.1. The number of nitrogens with zero attached hydrogens (tertiary/aromatic N) is 2. The molecule has 0 saturated heterocycles. The molecule has 1 amide bonds. The van der Waals surface area contributed by atoms with Gasteiger partial charge >= 0.3 is 5.97 Å². The number of carboxylic acids is 1. The van der Waals surface area contributed by atoms with Crippen LogP contribution in [-0.2, 0) is 4.79 Å². The van der Waals surface area contributed by atoms with Gasteiger partial charge in [0.05, 0.1) is 11.6 Å². The number of benzene rings is 1. The summed E-state index contributed by atoms with van der Waals surface area (Å²) in [7, 11) is 0. The Morgan fingerprint density at radius 1 is 1.23 bits per heavy atom. The summed E-state index contributed by atoms with van der Waals surface area (Å²) in [6, 6.07) is 10.5. The van der Waals surface area contributed by atoms with Gasteiger partial charge in [0.25, 0.3) is 5.91 Å². The molecule has 0 fully saturated rings. The lowest BCUT2D eigenvalue weighted by Gasteiger charge is -2.15. The van der Waals surface area contributed by atoms with Crippen LogP contribution in [0.15, 0.2) is 41.2 Å². The lowest BCUT2D eigenvalue weighted by molar-refractivity contribution is -0.142. The van der Waals surface area contributed by atoms with E-state index >= 15 is 0 Å². The van der Waals surface area contributed by atoms with Crippen molar-refractivity contribution in [1.82, 2.24) is 15.1 Å². The van der Waals surface area contributed by atoms with Crippen LogP contribution >= 0.6 is 0 Å². The molecule has 1 aromatic heterocycles. The van der Waals surface area contributed by atoms with Gasteiger partial charge in [0.1, 0.15) is 0 Å². The minimum absolute atomic E-state index is 0.0489. The molecule has 0 aliphatic heterocycles. The molecule has 7 heteroatoms. The molecule has 0 saturated carbocycles. The van der Waals surface area contributed by atoms with E-state index < -0.39 is 23.2 Å². The molecule has 138 valence electrons. The third kappa shape index (κ3) is 4.78. The van der Waals surface area contributed by atoms with Crippen LogP contribution in [0.2, 0.25) is 0 Å². The monoisotopic (exact) mass is 357 g/mol. The molecule has 1 heterocycles. The molecule has 7 nitrogen and oxygen atoms in total. The van der Waals surface area contributed by atoms with Gasteiger partial charge in [0.2, 0.25) is 5.43 Å². The molecule has 0 bridgehead atoms. The predicted octanol–water partition coefficient (Wildman–Crippen LogP) is 2.02. The van der Waals surface area contributed by atoms with Crippen LogP contribution in [0.4, 0.5) is 0 Å². The van der Waals surface area contributed by atoms with Gasteiger partial charge in [0.15, 0.2) is 5.69 Å². The Kier molecular flexibility index (Phi) is 6.27. The first-order chi connectivity index (χ1) is 12.3. The van der Waals surface area contributed by atoms with Crippen molar-refractivity contribution < 1.29 is 14.7 Å². The molecular formula is C19H23N3O4. The van der Waals surface area contributed by atoms with E-state index in [4.69, 9.17) is 0 Å². The van der Waals surface area contributed by atoms with Crippen molar-refractivity contribution in [2.45, 2.75) is 27.2 Å². The number of hydrogen-bond donors (Lipinski definition) is 2. The summed E-state index contributed by atoms with van der Waals surface area (Å²) in [6.45, 7) is 5.51. The van der Waals surface area contributed by atoms with Crippen molar-refractivity contribution in [3.8, 4) is 5.69 Å². The Morgan fingerprint density at radius 3 is 2.46 bits per heavy atom. The lowest BCUT2D eigenvalue weighted by atomic mass is 9.97. The minimum Gasteiger partial charge on any atom is -0.481 e. The van der Waals surface area contributed by atoms with Crippen molar-refractivity contribution in [3.05, 3.63) is 58.0 Å². The van der Waals surface area contributed by atoms with Crippen LogP contribution in [0, 0.1) is 18.8 Å². The number of rotatable bonds is 7. The molecule has 2 N–H and O–H groups in total. The summed E-state index contributed by atoms with van der Waals surface area (Å²) in [5.41, 5.74) is 0.569. The largest absolute Gasteiger partial charge is 0.481 e. The SMILES string of the molecule is Cc1cc(=O)c(C(=O)NCC(CC(C)C)C(=O)O)nn1-c1ccccc1. The molecule has 0 aliphatic carbocycles. The van der Waals surface area contributed by atoms with Gasteiger partial charge in [-0.15, -0.1) is 0 Å². The summed E-state index contributed by atoms with van der Waals surface area (Å²) in [5, 5.41) is 16.0. The second kappa shape index (κ2) is 8.42. The average molecular weight is 357 g/mol. The Hall–Kier alpha value is -2.96. The molecular weight excluding hydrogens is 334 g/mol. The first kappa shape index (κ1) is 19.4. The maximum atomic E-state index is 12.4. The molecule has 1 atom stereocenters. The third-order valence-electron chi connectivity index (χ3n) is 3.94. The van der Waals surface area contributed by atoms with Gasteiger partial charge in [-0.3, -0.25) is 14.4 Å². The highest BCUT2D eigenvalue weighted by Gasteiger charge is 2.22. The fourth-order valence-electron chi connectivity index (χ4n) is 2.68. The molecule has 1 unspecified atom stereocenters. The first-order valence-electron chi connectivity index (χ1n) is 8.47. The normalized spacial score (nSPS) is 12.0. The number of hydrogen-bond acceptors (Lipinski definition) is 4. The van der Waals surface area contributed by atoms with Crippen molar-refractivity contribution in [2.75, 3.05) is 6.54 Å². The average Bonchev–Trinajstić information content (AvgIpc) is 2.58. The zero-order chi connectivity index (χ0) is 19.3. The number of carbonyl (C=O) groups excluding carboxylic acids is 1. The van der Waals surface area contributed by atoms with Crippen LogP contribution in [0.25, 0.3) is 5.69 Å². The van der Waals surface area contributed by atoms with E-state index in [9.17, 15) is 19.5 Å². The van der Waals surface area contributed by atoms with Gasteiger partial charge < -0.3 is 10.4 Å². The predicted molar refractivity (Wildman–Crippen MR) is 97.5 cm³/mol. The Morgan fingerprint density at radius 2 is 1.88 bits per heavy atom. The van der Waals surface area contributed by atoms with Crippen LogP contribution in [0.3, 0.4) is 0 Å². The number of amides is 1. The highest BCUT2D eigenvalue weighted by molar-refractivity contribution is 5.92. The number of aliphatic carboxylic acids is 1. The molecule has 0 radical (unpaired) electrons. The highest BCUT2D eigenvalue weighted by Crippen LogP contribution is 2.11. The van der Waals surface area contributed by atoms with E-state index in [-0.39, 0.29) is 18.2 Å². The van der Waals surface area contributed by atoms with Crippen molar-refractivity contribution in [2.24, 2.45) is 11.8 Å². The van der Waals surface area contributed by atoms with Crippen molar-refractivity contribution in [3.63, 3.8) is 0 Å². The number of aromatic nitrogens is 2. The van der Waals surface area contributed by atoms with Crippen LogP contribution in [0.1, 0.15) is 36.5 Å². The minimum atomic E-state index is -0.974. The molecule has 26 heavy (non-hydrogen) atoms. The summed E-state index contributed by atoms with van der Waals surface area (Å²) in [6.07, 6.45) is 0.436. The summed E-state index contributed by atoms with van der Waals surface area (Å²) in [4.78, 5) is 35.9. The molecule has 0 spiro atoms. The molecule has 0 aliphatic rings. The lowest BCUT2D eigenvalue weighted by Crippen LogP contribution is -2.37. The Balaban J connectivity index is 2.23. The Labute approximate surface area is 151 Å². The van der Waals surface area contributed by atoms with Crippen molar-refractivity contribution >= 4 is 11.9 Å². The zero-order valence-corrected chi connectivity index (χ0v) is 15.1. The summed E-state index contributed by atoms with van der Waals surface area (Å²) in [5.74, 6) is -2.17. The molecule has 1 aromatic carbocycles. The first-order valence-corrected chi connectivity index (χ1v) is 8.47. The standard InChI is InChI=1S/C19H23N3O4/c1-12(2)9-14(19(25)26)11-20-18(24)17-16(23)10-13(3)22(21-17)15-7-5-4-6-8-15/h4-8,10,12,14H,9,11H2,1-3H3,(H,20,24)(H,25,26). The van der Waals surface area contributed by atoms with E-state index in [1.54, 1.807) is 6.92 Å². The number of carboxylic acid groups (broad SMARTS) is 1. The van der Waals surface area contributed by atoms with Crippen LogP contribution in [0.5, 0.6) is 0 Å². The van der Waals surface area contributed by atoms with Crippen LogP contribution < -0.4 is 10.7 Å². The van der Waals surface area contributed by atoms with Crippen molar-refractivity contribution in [1.29, 1.82) is 0 Å². The number of nitrogens with one attached hydrogen (secondary N) is 1. The fourth-order valence-corrected chi connectivity index (χ4v) is 2.68. The van der Waals surface area contributed by atoms with E-state index in [1.807, 2.05) is 44.2 Å². The smallest absolute Gasteiger partial charge is 0.308 e. The second-order valence-corrected chi connectivity index (χ2v) is 6.62. The molecule has 2 aromatic rings. The Bertz CT molecular complexity index is 844. The van der Waals surface area contributed by atoms with Crippen LogP contribution in [-0.4, -0.2) is 33.3 Å². The van der Waals surface area contributed by atoms with Gasteiger partial charge in [-0.25, -0.2) is 4.68 Å². The van der Waals surface area contributed by atoms with Gasteiger partial charge in [0, 0.05) is 18.3 Å². The number of para-hydroxylation sites is 1. The number of carbonyl (C=O) groups is 2. The maximum Gasteiger partial charge on any atom is 0.308 e. The third-order valence-corrected chi connectivity index (χ3v) is 3.94. The number of aryl methyl sites for hydroxylation is 1. The van der Waals surface area contributed by atoms with E-state index in [0.717, 1.165) is 5.69 Å². The van der Waals surface area contributed by atoms with E-state index in [1.165, 1.54) is 10.7 Å². The summed E-state index contributed by atoms with van der Waals surface area (Å²) < 4.78 is 1.51. The molecule has 2 rings (SSSR count). The van der Waals surface area contributed by atoms with E-state index in [0.29, 0.717) is 12.1 Å². The topological polar surface area (TPSA) is 101 Å². The summed E-state index contributed by atoms with van der Waals surface area (Å²) >= 11 is 0. The maximum absolute atomic E-state index is 12.4. The van der Waals surface area contributed by atoms with Gasteiger partial charge in [-0.05, 0) is 31.4 Å². The van der Waals surface area contributed by atoms with Gasteiger partial charge in [-0.2, -0.15) is 5.10 Å².